The molecule has 1 unspecified atom stereocenters. The van der Waals surface area contributed by atoms with Gasteiger partial charge in [0.15, 0.2) is 0 Å². The van der Waals surface area contributed by atoms with Crippen LogP contribution in [0.3, 0.4) is 0 Å². The van der Waals surface area contributed by atoms with Crippen LogP contribution < -0.4 is 5.32 Å². The second-order valence-corrected chi connectivity index (χ2v) is 4.14. The van der Waals surface area contributed by atoms with Gasteiger partial charge in [-0.1, -0.05) is 13.0 Å². The minimum absolute atomic E-state index is 0.249. The van der Waals surface area contributed by atoms with Gasteiger partial charge in [0.1, 0.15) is 0 Å². The smallest absolute Gasteiger partial charge is 0.333 e. The van der Waals surface area contributed by atoms with Crippen molar-refractivity contribution in [1.29, 1.82) is 0 Å². The number of imidazole rings is 1. The lowest BCUT2D eigenvalue weighted by Gasteiger charge is -2.13. The van der Waals surface area contributed by atoms with Crippen molar-refractivity contribution in [2.45, 2.75) is 32.9 Å². The first-order valence-electron chi connectivity index (χ1n) is 6.13. The van der Waals surface area contributed by atoms with Crippen LogP contribution in [0.1, 0.15) is 20.3 Å². The molecule has 1 aromatic heterocycles. The number of rotatable bonds is 7. The van der Waals surface area contributed by atoms with Gasteiger partial charge in [0, 0.05) is 37.1 Å². The lowest BCUT2D eigenvalue weighted by atomic mass is 10.2. The first-order chi connectivity index (χ1) is 8.67. The van der Waals surface area contributed by atoms with Crippen LogP contribution in [0.5, 0.6) is 0 Å². The number of hydrogen-bond acceptors (Lipinski definition) is 4. The second-order valence-electron chi connectivity index (χ2n) is 4.14. The van der Waals surface area contributed by atoms with Crippen molar-refractivity contribution in [3.63, 3.8) is 0 Å². The number of carbonyl (C=O) groups is 1. The van der Waals surface area contributed by atoms with Gasteiger partial charge in [-0.15, -0.1) is 0 Å². The molecule has 0 saturated carbocycles. The largest absolute Gasteiger partial charge is 0.466 e. The van der Waals surface area contributed by atoms with Gasteiger partial charge in [-0.2, -0.15) is 0 Å². The molecule has 100 valence electrons. The third-order valence-electron chi connectivity index (χ3n) is 2.69. The summed E-state index contributed by atoms with van der Waals surface area (Å²) in [5.41, 5.74) is 0.708. The van der Waals surface area contributed by atoms with E-state index in [1.54, 1.807) is 12.5 Å². The summed E-state index contributed by atoms with van der Waals surface area (Å²) >= 11 is 0. The van der Waals surface area contributed by atoms with E-state index < -0.39 is 0 Å². The molecular weight excluding hydrogens is 230 g/mol. The lowest BCUT2D eigenvalue weighted by molar-refractivity contribution is -0.136. The number of aromatic nitrogens is 2. The Balaban J connectivity index is 2.35. The zero-order valence-electron chi connectivity index (χ0n) is 11.2. The summed E-state index contributed by atoms with van der Waals surface area (Å²) < 4.78 is 6.71. The number of carbonyl (C=O) groups excluding carboxylic acids is 1. The fraction of sp³-hybridized carbons (Fsp3) is 0.538. The van der Waals surface area contributed by atoms with Gasteiger partial charge in [0.25, 0.3) is 0 Å². The number of nitrogens with one attached hydrogen (secondary N) is 1. The van der Waals surface area contributed by atoms with Crippen LogP contribution in [-0.2, 0) is 16.1 Å². The highest BCUT2D eigenvalue weighted by atomic mass is 16.5. The molecule has 0 aromatic carbocycles. The molecule has 0 fully saturated rings. The van der Waals surface area contributed by atoms with Crippen LogP contribution in [0.2, 0.25) is 0 Å². The summed E-state index contributed by atoms with van der Waals surface area (Å²) in [7, 11) is 1.40. The summed E-state index contributed by atoms with van der Waals surface area (Å²) in [6, 6.07) is 0.311. The molecular formula is C13H21N3O2. The minimum atomic E-state index is -0.249. The fourth-order valence-corrected chi connectivity index (χ4v) is 1.66. The first-order valence-corrected chi connectivity index (χ1v) is 6.13. The molecule has 0 radical (unpaired) electrons. The van der Waals surface area contributed by atoms with E-state index in [0.29, 0.717) is 24.6 Å². The van der Waals surface area contributed by atoms with E-state index in [2.05, 4.69) is 17.2 Å². The molecule has 0 saturated heterocycles. The molecule has 1 atom stereocenters. The van der Waals surface area contributed by atoms with Crippen molar-refractivity contribution in [1.82, 2.24) is 14.9 Å². The molecule has 18 heavy (non-hydrogen) atoms. The number of ether oxygens (including phenoxy) is 1. The Hall–Kier alpha value is -1.62. The summed E-state index contributed by atoms with van der Waals surface area (Å²) in [6.07, 6.45) is 8.06. The Labute approximate surface area is 108 Å². The van der Waals surface area contributed by atoms with Crippen molar-refractivity contribution in [3.8, 4) is 0 Å². The van der Waals surface area contributed by atoms with Gasteiger partial charge in [0.05, 0.1) is 13.4 Å². The SMILES string of the molecule is CC/C(=C/CNC(C)Cn1ccnc1)C(=O)OC. The molecule has 1 rings (SSSR count). The van der Waals surface area contributed by atoms with E-state index in [0.717, 1.165) is 6.54 Å². The third-order valence-corrected chi connectivity index (χ3v) is 2.69. The van der Waals surface area contributed by atoms with Gasteiger partial charge in [-0.3, -0.25) is 0 Å². The van der Waals surface area contributed by atoms with Crippen molar-refractivity contribution in [2.24, 2.45) is 0 Å². The van der Waals surface area contributed by atoms with Gasteiger partial charge in [-0.25, -0.2) is 9.78 Å². The highest BCUT2D eigenvalue weighted by Crippen LogP contribution is 2.02. The van der Waals surface area contributed by atoms with Crippen LogP contribution in [0.25, 0.3) is 0 Å². The number of methoxy groups -OCH3 is 1. The third kappa shape index (κ3) is 4.71. The Morgan fingerprint density at radius 3 is 2.94 bits per heavy atom. The topological polar surface area (TPSA) is 56.2 Å². The van der Waals surface area contributed by atoms with E-state index in [1.165, 1.54) is 7.11 Å². The molecule has 1 aromatic rings. The number of esters is 1. The number of hydrogen-bond donors (Lipinski definition) is 1. The summed E-state index contributed by atoms with van der Waals surface area (Å²) in [4.78, 5) is 15.3. The molecule has 1 N–H and O–H groups in total. The van der Waals surface area contributed by atoms with E-state index in [4.69, 9.17) is 4.74 Å². The Kier molecular flexibility index (Phi) is 6.14. The highest BCUT2D eigenvalue weighted by Gasteiger charge is 2.06. The number of nitrogens with zero attached hydrogens (tertiary/aromatic N) is 2. The fourth-order valence-electron chi connectivity index (χ4n) is 1.66. The van der Waals surface area contributed by atoms with Crippen molar-refractivity contribution >= 4 is 5.97 Å². The molecule has 0 aliphatic heterocycles. The van der Waals surface area contributed by atoms with Crippen molar-refractivity contribution in [2.75, 3.05) is 13.7 Å². The summed E-state index contributed by atoms with van der Waals surface area (Å²) in [5, 5.41) is 3.33. The summed E-state index contributed by atoms with van der Waals surface area (Å²) in [6.45, 7) is 5.55. The molecule has 0 bridgehead atoms. The predicted molar refractivity (Wildman–Crippen MR) is 70.1 cm³/mol. The average Bonchev–Trinajstić information content (AvgIpc) is 2.86. The van der Waals surface area contributed by atoms with Crippen LogP contribution >= 0.6 is 0 Å². The second kappa shape index (κ2) is 7.66. The monoisotopic (exact) mass is 251 g/mol. The predicted octanol–water partition coefficient (Wildman–Crippen LogP) is 1.37. The normalized spacial score (nSPS) is 13.4. The zero-order chi connectivity index (χ0) is 13.4. The Morgan fingerprint density at radius 2 is 2.39 bits per heavy atom. The highest BCUT2D eigenvalue weighted by molar-refractivity contribution is 5.88. The molecule has 0 spiro atoms. The Morgan fingerprint density at radius 1 is 1.61 bits per heavy atom. The van der Waals surface area contributed by atoms with Crippen LogP contribution in [-0.4, -0.2) is 35.2 Å². The molecule has 0 aliphatic carbocycles. The van der Waals surface area contributed by atoms with Gasteiger partial charge in [0.2, 0.25) is 0 Å². The van der Waals surface area contributed by atoms with E-state index in [1.807, 2.05) is 23.8 Å². The maximum absolute atomic E-state index is 11.3. The Bertz CT molecular complexity index is 385. The van der Waals surface area contributed by atoms with E-state index >= 15 is 0 Å². The lowest BCUT2D eigenvalue weighted by Crippen LogP contribution is -2.30. The molecule has 5 heteroatoms. The standard InChI is InChI=1S/C13H21N3O2/c1-4-12(13(17)18-3)5-6-15-11(2)9-16-8-7-14-10-16/h5,7-8,10-11,15H,4,6,9H2,1-3H3/b12-5-. The van der Waals surface area contributed by atoms with Gasteiger partial charge in [-0.05, 0) is 13.3 Å². The van der Waals surface area contributed by atoms with E-state index in [-0.39, 0.29) is 5.97 Å². The van der Waals surface area contributed by atoms with Crippen LogP contribution in [0.4, 0.5) is 0 Å². The average molecular weight is 251 g/mol. The minimum Gasteiger partial charge on any atom is -0.466 e. The summed E-state index contributed by atoms with van der Waals surface area (Å²) in [5.74, 6) is -0.249. The zero-order valence-corrected chi connectivity index (χ0v) is 11.2. The van der Waals surface area contributed by atoms with Crippen molar-refractivity contribution < 1.29 is 9.53 Å². The maximum atomic E-state index is 11.3. The van der Waals surface area contributed by atoms with Gasteiger partial charge < -0.3 is 14.6 Å². The maximum Gasteiger partial charge on any atom is 0.333 e. The van der Waals surface area contributed by atoms with E-state index in [9.17, 15) is 4.79 Å². The molecule has 1 heterocycles. The first kappa shape index (κ1) is 14.4. The molecule has 5 nitrogen and oxygen atoms in total. The van der Waals surface area contributed by atoms with Crippen LogP contribution in [0, 0.1) is 0 Å². The van der Waals surface area contributed by atoms with Gasteiger partial charge >= 0.3 is 5.97 Å². The quantitative estimate of drug-likeness (QED) is 0.587. The molecule has 0 aliphatic rings. The molecule has 0 amide bonds. The van der Waals surface area contributed by atoms with Crippen LogP contribution in [0.15, 0.2) is 30.4 Å². The van der Waals surface area contributed by atoms with Crippen molar-refractivity contribution in [3.05, 3.63) is 30.4 Å².